The highest BCUT2D eigenvalue weighted by molar-refractivity contribution is 5.84. The van der Waals surface area contributed by atoms with Gasteiger partial charge in [-0.1, -0.05) is 12.8 Å². The maximum atomic E-state index is 11.6. The smallest absolute Gasteiger partial charge is 0.326 e. The molecule has 0 heterocycles. The van der Waals surface area contributed by atoms with Crippen molar-refractivity contribution in [3.8, 4) is 0 Å². The van der Waals surface area contributed by atoms with Crippen LogP contribution in [-0.4, -0.2) is 34.1 Å². The van der Waals surface area contributed by atoms with Crippen molar-refractivity contribution in [3.05, 3.63) is 0 Å². The van der Waals surface area contributed by atoms with Gasteiger partial charge >= 0.3 is 11.9 Å². The van der Waals surface area contributed by atoms with Crippen molar-refractivity contribution in [2.75, 3.05) is 0 Å². The van der Waals surface area contributed by atoms with Crippen LogP contribution in [0.2, 0.25) is 0 Å². The molecule has 6 heteroatoms. The van der Waals surface area contributed by atoms with E-state index in [0.717, 1.165) is 25.7 Å². The fourth-order valence-corrected chi connectivity index (χ4v) is 2.26. The summed E-state index contributed by atoms with van der Waals surface area (Å²) in [5.74, 6) is -2.19. The van der Waals surface area contributed by atoms with Crippen LogP contribution in [0.4, 0.5) is 0 Å². The molecule has 1 unspecified atom stereocenters. The number of carboxylic acids is 2. The Morgan fingerprint density at radius 3 is 2.28 bits per heavy atom. The van der Waals surface area contributed by atoms with Gasteiger partial charge in [-0.15, -0.1) is 0 Å². The van der Waals surface area contributed by atoms with E-state index in [9.17, 15) is 14.4 Å². The summed E-state index contributed by atoms with van der Waals surface area (Å²) in [6, 6.07) is -1.10. The van der Waals surface area contributed by atoms with Gasteiger partial charge in [-0.2, -0.15) is 0 Å². The third kappa shape index (κ3) is 5.16. The zero-order chi connectivity index (χ0) is 13.5. The molecule has 1 atom stereocenters. The molecule has 0 saturated heterocycles. The molecule has 0 spiro atoms. The van der Waals surface area contributed by atoms with E-state index in [-0.39, 0.29) is 18.7 Å². The minimum absolute atomic E-state index is 0.0823. The van der Waals surface area contributed by atoms with Crippen LogP contribution in [0.5, 0.6) is 0 Å². The van der Waals surface area contributed by atoms with Crippen LogP contribution < -0.4 is 5.32 Å². The number of nitrogens with one attached hydrogen (secondary N) is 1. The van der Waals surface area contributed by atoms with Crippen molar-refractivity contribution in [3.63, 3.8) is 0 Å². The number of hydrogen-bond donors (Lipinski definition) is 3. The molecule has 0 aromatic carbocycles. The van der Waals surface area contributed by atoms with Crippen LogP contribution in [0.15, 0.2) is 0 Å². The van der Waals surface area contributed by atoms with Gasteiger partial charge < -0.3 is 15.5 Å². The lowest BCUT2D eigenvalue weighted by Crippen LogP contribution is -2.41. The summed E-state index contributed by atoms with van der Waals surface area (Å²) >= 11 is 0. The summed E-state index contributed by atoms with van der Waals surface area (Å²) in [7, 11) is 0. The van der Waals surface area contributed by atoms with Crippen LogP contribution >= 0.6 is 0 Å². The zero-order valence-corrected chi connectivity index (χ0v) is 10.2. The van der Waals surface area contributed by atoms with E-state index in [1.54, 1.807) is 0 Å². The van der Waals surface area contributed by atoms with E-state index in [4.69, 9.17) is 10.2 Å². The second kappa shape index (κ2) is 6.98. The first-order chi connectivity index (χ1) is 8.49. The van der Waals surface area contributed by atoms with Gasteiger partial charge in [-0.3, -0.25) is 9.59 Å². The lowest BCUT2D eigenvalue weighted by atomic mass is 10.0. The van der Waals surface area contributed by atoms with Gasteiger partial charge in [0.25, 0.3) is 0 Å². The summed E-state index contributed by atoms with van der Waals surface area (Å²) in [5.41, 5.74) is 0. The minimum Gasteiger partial charge on any atom is -0.481 e. The summed E-state index contributed by atoms with van der Waals surface area (Å²) in [4.78, 5) is 32.9. The first-order valence-electron chi connectivity index (χ1n) is 6.23. The van der Waals surface area contributed by atoms with Crippen molar-refractivity contribution < 1.29 is 24.6 Å². The van der Waals surface area contributed by atoms with Gasteiger partial charge in [0.2, 0.25) is 5.91 Å². The fraction of sp³-hybridized carbons (Fsp3) is 0.750. The third-order valence-electron chi connectivity index (χ3n) is 3.23. The van der Waals surface area contributed by atoms with E-state index in [1.807, 2.05) is 0 Å². The molecule has 18 heavy (non-hydrogen) atoms. The zero-order valence-electron chi connectivity index (χ0n) is 10.2. The van der Waals surface area contributed by atoms with Crippen LogP contribution in [0.1, 0.15) is 44.9 Å². The molecular weight excluding hydrogens is 238 g/mol. The average molecular weight is 257 g/mol. The molecule has 0 aromatic heterocycles. The Hall–Kier alpha value is -1.59. The second-order valence-electron chi connectivity index (χ2n) is 4.75. The van der Waals surface area contributed by atoms with Gasteiger partial charge in [0.15, 0.2) is 0 Å². The number of hydrogen-bond acceptors (Lipinski definition) is 3. The first kappa shape index (κ1) is 14.5. The maximum Gasteiger partial charge on any atom is 0.326 e. The molecule has 1 rings (SSSR count). The molecule has 1 saturated carbocycles. The van der Waals surface area contributed by atoms with Crippen LogP contribution in [-0.2, 0) is 14.4 Å². The fourth-order valence-electron chi connectivity index (χ4n) is 2.26. The van der Waals surface area contributed by atoms with Crippen LogP contribution in [0, 0.1) is 5.92 Å². The van der Waals surface area contributed by atoms with Crippen molar-refractivity contribution in [1.82, 2.24) is 5.32 Å². The topological polar surface area (TPSA) is 104 Å². The van der Waals surface area contributed by atoms with E-state index >= 15 is 0 Å². The summed E-state index contributed by atoms with van der Waals surface area (Å²) in [5, 5.41) is 19.8. The Bertz CT molecular complexity index is 322. The SMILES string of the molecule is O=C(O)CCC(NC(=O)CC1CCCC1)C(=O)O. The standard InChI is InChI=1S/C12H19NO5/c14-10(7-8-3-1-2-4-8)13-9(12(17)18)5-6-11(15)16/h8-9H,1-7H2,(H,13,14)(H,15,16)(H,17,18). The highest BCUT2D eigenvalue weighted by Gasteiger charge is 2.23. The minimum atomic E-state index is -1.18. The van der Waals surface area contributed by atoms with Crippen LogP contribution in [0.25, 0.3) is 0 Å². The molecule has 102 valence electrons. The largest absolute Gasteiger partial charge is 0.481 e. The second-order valence-corrected chi connectivity index (χ2v) is 4.75. The molecule has 1 aliphatic carbocycles. The molecule has 1 fully saturated rings. The monoisotopic (exact) mass is 257 g/mol. The Balaban J connectivity index is 2.36. The summed E-state index contributed by atoms with van der Waals surface area (Å²) in [6.07, 6.45) is 4.28. The Morgan fingerprint density at radius 2 is 1.78 bits per heavy atom. The van der Waals surface area contributed by atoms with Crippen molar-refractivity contribution in [2.45, 2.75) is 51.0 Å². The summed E-state index contributed by atoms with van der Waals surface area (Å²) < 4.78 is 0. The predicted molar refractivity (Wildman–Crippen MR) is 63.0 cm³/mol. The highest BCUT2D eigenvalue weighted by Crippen LogP contribution is 2.27. The Labute approximate surface area is 105 Å². The molecule has 1 aliphatic rings. The number of carbonyl (C=O) groups is 3. The third-order valence-corrected chi connectivity index (χ3v) is 3.23. The Morgan fingerprint density at radius 1 is 1.17 bits per heavy atom. The normalized spacial score (nSPS) is 17.3. The molecular formula is C12H19NO5. The van der Waals surface area contributed by atoms with Gasteiger partial charge in [-0.25, -0.2) is 4.79 Å². The van der Waals surface area contributed by atoms with E-state index in [1.165, 1.54) is 0 Å². The molecule has 0 bridgehead atoms. The van der Waals surface area contributed by atoms with Crippen LogP contribution in [0.3, 0.4) is 0 Å². The number of amides is 1. The molecule has 1 amide bonds. The number of carboxylic acid groups (broad SMARTS) is 2. The van der Waals surface area contributed by atoms with Gasteiger partial charge in [-0.05, 0) is 25.2 Å². The highest BCUT2D eigenvalue weighted by atomic mass is 16.4. The molecule has 0 aromatic rings. The number of aliphatic carboxylic acids is 2. The van der Waals surface area contributed by atoms with E-state index in [2.05, 4.69) is 5.32 Å². The molecule has 0 aliphatic heterocycles. The van der Waals surface area contributed by atoms with Crippen molar-refractivity contribution in [2.24, 2.45) is 5.92 Å². The van der Waals surface area contributed by atoms with Gasteiger partial charge in [0.05, 0.1) is 0 Å². The van der Waals surface area contributed by atoms with E-state index in [0.29, 0.717) is 12.3 Å². The number of carbonyl (C=O) groups excluding carboxylic acids is 1. The molecule has 3 N–H and O–H groups in total. The molecule has 0 radical (unpaired) electrons. The van der Waals surface area contributed by atoms with Gasteiger partial charge in [0, 0.05) is 12.8 Å². The lowest BCUT2D eigenvalue weighted by Gasteiger charge is -2.15. The maximum absolute atomic E-state index is 11.6. The quantitative estimate of drug-likeness (QED) is 0.631. The van der Waals surface area contributed by atoms with Crippen molar-refractivity contribution >= 4 is 17.8 Å². The number of rotatable bonds is 7. The lowest BCUT2D eigenvalue weighted by molar-refractivity contribution is -0.143. The molecule has 6 nitrogen and oxygen atoms in total. The Kier molecular flexibility index (Phi) is 5.61. The average Bonchev–Trinajstić information content (AvgIpc) is 2.76. The summed E-state index contributed by atoms with van der Waals surface area (Å²) in [6.45, 7) is 0. The van der Waals surface area contributed by atoms with E-state index < -0.39 is 18.0 Å². The predicted octanol–water partition coefficient (Wildman–Crippen LogP) is 1.00. The van der Waals surface area contributed by atoms with Gasteiger partial charge in [0.1, 0.15) is 6.04 Å². The van der Waals surface area contributed by atoms with Crippen molar-refractivity contribution in [1.29, 1.82) is 0 Å². The first-order valence-corrected chi connectivity index (χ1v) is 6.23.